The average molecular weight is 426 g/mol. The highest BCUT2D eigenvalue weighted by molar-refractivity contribution is 8.00. The predicted molar refractivity (Wildman–Crippen MR) is 105 cm³/mol. The first-order valence-electron chi connectivity index (χ1n) is 8.55. The Balaban J connectivity index is 1.78. The summed E-state index contributed by atoms with van der Waals surface area (Å²) in [5, 5.41) is 5.55. The third-order valence-electron chi connectivity index (χ3n) is 3.99. The topological polar surface area (TPSA) is 54.9 Å². The van der Waals surface area contributed by atoms with Crippen molar-refractivity contribution in [1.29, 1.82) is 0 Å². The van der Waals surface area contributed by atoms with Crippen molar-refractivity contribution in [3.8, 4) is 0 Å². The fourth-order valence-electron chi connectivity index (χ4n) is 2.67. The van der Waals surface area contributed by atoms with Crippen molar-refractivity contribution in [2.75, 3.05) is 5.75 Å². The number of nitrogens with one attached hydrogen (secondary N) is 1. The fraction of sp³-hybridized carbons (Fsp3) is 0.316. The molecule has 148 valence electrons. The van der Waals surface area contributed by atoms with E-state index in [-0.39, 0.29) is 34.2 Å². The second-order valence-corrected chi connectivity index (χ2v) is 8.40. The van der Waals surface area contributed by atoms with Crippen LogP contribution in [0.2, 0.25) is 0 Å². The second kappa shape index (κ2) is 8.48. The fourth-order valence-corrected chi connectivity index (χ4v) is 4.45. The first-order valence-corrected chi connectivity index (χ1v) is 10.4. The molecule has 2 aromatic heterocycles. The highest BCUT2D eigenvalue weighted by atomic mass is 32.2. The highest BCUT2D eigenvalue weighted by Crippen LogP contribution is 2.32. The van der Waals surface area contributed by atoms with Gasteiger partial charge in [-0.1, -0.05) is 49.9 Å². The molecule has 2 heterocycles. The molecule has 3 aromatic rings. The Bertz CT molecular complexity index is 959. The van der Waals surface area contributed by atoms with E-state index in [9.17, 15) is 18.0 Å². The number of thiophene rings is 1. The summed E-state index contributed by atoms with van der Waals surface area (Å²) in [6.45, 7) is 4.01. The second-order valence-electron chi connectivity index (χ2n) is 6.46. The minimum atomic E-state index is -4.65. The first kappa shape index (κ1) is 20.6. The minimum absolute atomic E-state index is 0.0348. The number of alkyl halides is 3. The largest absolute Gasteiger partial charge is 0.451 e. The van der Waals surface area contributed by atoms with Crippen LogP contribution in [0, 0.1) is 5.92 Å². The van der Waals surface area contributed by atoms with Gasteiger partial charge in [0.2, 0.25) is 11.7 Å². The summed E-state index contributed by atoms with van der Waals surface area (Å²) in [5.74, 6) is -1.31. The van der Waals surface area contributed by atoms with E-state index in [4.69, 9.17) is 0 Å². The number of aromatic nitrogens is 2. The Hall–Kier alpha value is -2.13. The maximum atomic E-state index is 13.1. The molecule has 1 unspecified atom stereocenters. The van der Waals surface area contributed by atoms with Crippen LogP contribution in [0.15, 0.2) is 46.8 Å². The Morgan fingerprint density at radius 2 is 1.93 bits per heavy atom. The van der Waals surface area contributed by atoms with Crippen LogP contribution in [-0.2, 0) is 11.0 Å². The summed E-state index contributed by atoms with van der Waals surface area (Å²) >= 11 is 2.53. The van der Waals surface area contributed by atoms with Crippen molar-refractivity contribution in [3.05, 3.63) is 52.5 Å². The molecule has 3 rings (SSSR count). The SMILES string of the molecule is CC(C)C(NC(=O)CSc1nc(C(F)(F)F)nc2ccccc12)c1cccs1. The normalized spacial score (nSPS) is 13.1. The van der Waals surface area contributed by atoms with Gasteiger partial charge in [0, 0.05) is 10.3 Å². The van der Waals surface area contributed by atoms with Crippen molar-refractivity contribution in [2.45, 2.75) is 31.1 Å². The Labute approximate surface area is 168 Å². The molecule has 0 saturated carbocycles. The molecule has 0 saturated heterocycles. The van der Waals surface area contributed by atoms with E-state index in [2.05, 4.69) is 15.3 Å². The smallest absolute Gasteiger partial charge is 0.347 e. The van der Waals surface area contributed by atoms with E-state index in [0.29, 0.717) is 5.39 Å². The molecular weight excluding hydrogens is 407 g/mol. The number of fused-ring (bicyclic) bond motifs is 1. The molecule has 0 radical (unpaired) electrons. The molecule has 0 bridgehead atoms. The van der Waals surface area contributed by atoms with E-state index >= 15 is 0 Å². The number of benzene rings is 1. The summed E-state index contributed by atoms with van der Waals surface area (Å²) in [6, 6.07) is 10.2. The summed E-state index contributed by atoms with van der Waals surface area (Å²) in [7, 11) is 0. The Morgan fingerprint density at radius 3 is 2.57 bits per heavy atom. The molecule has 0 aliphatic carbocycles. The van der Waals surface area contributed by atoms with Gasteiger partial charge in [0.1, 0.15) is 5.03 Å². The van der Waals surface area contributed by atoms with Gasteiger partial charge in [-0.15, -0.1) is 11.3 Å². The van der Waals surface area contributed by atoms with Crippen molar-refractivity contribution in [2.24, 2.45) is 5.92 Å². The first-order chi connectivity index (χ1) is 13.3. The number of hydrogen-bond acceptors (Lipinski definition) is 5. The molecule has 0 aliphatic heterocycles. The molecule has 1 N–H and O–H groups in total. The number of halogens is 3. The molecule has 1 atom stereocenters. The van der Waals surface area contributed by atoms with Gasteiger partial charge in [-0.05, 0) is 23.4 Å². The van der Waals surface area contributed by atoms with Crippen LogP contribution in [0.3, 0.4) is 0 Å². The van der Waals surface area contributed by atoms with Crippen LogP contribution < -0.4 is 5.32 Å². The molecule has 1 amide bonds. The molecule has 9 heteroatoms. The summed E-state index contributed by atoms with van der Waals surface area (Å²) < 4.78 is 39.3. The van der Waals surface area contributed by atoms with Crippen molar-refractivity contribution in [1.82, 2.24) is 15.3 Å². The number of para-hydroxylation sites is 1. The van der Waals surface area contributed by atoms with E-state index in [1.807, 2.05) is 31.4 Å². The van der Waals surface area contributed by atoms with Gasteiger partial charge in [-0.25, -0.2) is 9.97 Å². The maximum absolute atomic E-state index is 13.1. The number of hydrogen-bond donors (Lipinski definition) is 1. The Morgan fingerprint density at radius 1 is 1.18 bits per heavy atom. The molecule has 0 fully saturated rings. The standard InChI is InChI=1S/C19H18F3N3OS2/c1-11(2)16(14-8-5-9-27-14)24-15(26)10-28-17-12-6-3-4-7-13(12)23-18(25-17)19(20,21)22/h3-9,11,16H,10H2,1-2H3,(H,24,26). The lowest BCUT2D eigenvalue weighted by Gasteiger charge is -2.21. The van der Waals surface area contributed by atoms with Gasteiger partial charge in [-0.3, -0.25) is 4.79 Å². The third-order valence-corrected chi connectivity index (χ3v) is 5.94. The van der Waals surface area contributed by atoms with Gasteiger partial charge < -0.3 is 5.32 Å². The van der Waals surface area contributed by atoms with Crippen LogP contribution >= 0.6 is 23.1 Å². The molecule has 28 heavy (non-hydrogen) atoms. The molecular formula is C19H18F3N3OS2. The van der Waals surface area contributed by atoms with Crippen LogP contribution in [0.25, 0.3) is 10.9 Å². The van der Waals surface area contributed by atoms with Crippen LogP contribution in [0.4, 0.5) is 13.2 Å². The van der Waals surface area contributed by atoms with Gasteiger partial charge >= 0.3 is 6.18 Å². The molecule has 4 nitrogen and oxygen atoms in total. The number of carbonyl (C=O) groups is 1. The molecule has 0 spiro atoms. The minimum Gasteiger partial charge on any atom is -0.347 e. The number of thioether (sulfide) groups is 1. The van der Waals surface area contributed by atoms with Crippen molar-refractivity contribution < 1.29 is 18.0 Å². The predicted octanol–water partition coefficient (Wildman–Crippen LogP) is 5.32. The zero-order valence-electron chi connectivity index (χ0n) is 15.2. The third kappa shape index (κ3) is 4.82. The summed E-state index contributed by atoms with van der Waals surface area (Å²) in [4.78, 5) is 20.7. The van der Waals surface area contributed by atoms with Gasteiger partial charge in [0.25, 0.3) is 0 Å². The highest BCUT2D eigenvalue weighted by Gasteiger charge is 2.35. The molecule has 1 aromatic carbocycles. The monoisotopic (exact) mass is 425 g/mol. The number of amides is 1. The lowest BCUT2D eigenvalue weighted by molar-refractivity contribution is -0.145. The van der Waals surface area contributed by atoms with E-state index in [0.717, 1.165) is 16.6 Å². The zero-order valence-corrected chi connectivity index (χ0v) is 16.8. The van der Waals surface area contributed by atoms with Crippen LogP contribution in [-0.4, -0.2) is 21.6 Å². The van der Waals surface area contributed by atoms with E-state index < -0.39 is 12.0 Å². The van der Waals surface area contributed by atoms with E-state index in [1.165, 1.54) is 6.07 Å². The zero-order chi connectivity index (χ0) is 20.3. The number of nitrogens with zero attached hydrogens (tertiary/aromatic N) is 2. The van der Waals surface area contributed by atoms with Crippen molar-refractivity contribution in [3.63, 3.8) is 0 Å². The average Bonchev–Trinajstić information content (AvgIpc) is 3.17. The number of rotatable bonds is 6. The van der Waals surface area contributed by atoms with Crippen LogP contribution in [0.1, 0.15) is 30.6 Å². The quantitative estimate of drug-likeness (QED) is 0.429. The maximum Gasteiger partial charge on any atom is 0.451 e. The summed E-state index contributed by atoms with van der Waals surface area (Å²) in [5.41, 5.74) is 0.200. The van der Waals surface area contributed by atoms with Crippen molar-refractivity contribution >= 4 is 39.9 Å². The molecule has 0 aliphatic rings. The van der Waals surface area contributed by atoms with Crippen LogP contribution in [0.5, 0.6) is 0 Å². The van der Waals surface area contributed by atoms with Gasteiger partial charge in [-0.2, -0.15) is 13.2 Å². The lowest BCUT2D eigenvalue weighted by atomic mass is 10.0. The lowest BCUT2D eigenvalue weighted by Crippen LogP contribution is -2.32. The Kier molecular flexibility index (Phi) is 6.24. The number of carbonyl (C=O) groups excluding carboxylic acids is 1. The van der Waals surface area contributed by atoms with Gasteiger partial charge in [0.15, 0.2) is 0 Å². The summed E-state index contributed by atoms with van der Waals surface area (Å²) in [6.07, 6.45) is -4.65. The van der Waals surface area contributed by atoms with E-state index in [1.54, 1.807) is 29.5 Å². The van der Waals surface area contributed by atoms with Gasteiger partial charge in [0.05, 0.1) is 17.3 Å².